The summed E-state index contributed by atoms with van der Waals surface area (Å²) >= 11 is 3.55. The molecule has 5 rings (SSSR count). The van der Waals surface area contributed by atoms with Crippen molar-refractivity contribution in [2.45, 2.75) is 30.9 Å². The van der Waals surface area contributed by atoms with E-state index in [0.29, 0.717) is 5.56 Å². The van der Waals surface area contributed by atoms with Crippen molar-refractivity contribution in [3.63, 3.8) is 0 Å². The van der Waals surface area contributed by atoms with Gasteiger partial charge in [-0.3, -0.25) is 9.89 Å². The Morgan fingerprint density at radius 2 is 2.11 bits per heavy atom. The molecule has 3 aromatic rings. The van der Waals surface area contributed by atoms with E-state index in [4.69, 9.17) is 4.74 Å². The van der Waals surface area contributed by atoms with Crippen LogP contribution >= 0.6 is 15.9 Å². The van der Waals surface area contributed by atoms with Crippen LogP contribution in [0.2, 0.25) is 0 Å². The number of carbonyl (C=O) groups is 1. The van der Waals surface area contributed by atoms with Gasteiger partial charge in [0.2, 0.25) is 0 Å². The third-order valence-corrected chi connectivity index (χ3v) is 6.28. The van der Waals surface area contributed by atoms with Gasteiger partial charge >= 0.3 is 0 Å². The van der Waals surface area contributed by atoms with Crippen LogP contribution in [0.15, 0.2) is 47.1 Å². The Labute approximate surface area is 171 Å². The van der Waals surface area contributed by atoms with Crippen molar-refractivity contribution in [2.24, 2.45) is 0 Å². The fourth-order valence-electron chi connectivity index (χ4n) is 4.35. The SMILES string of the molecule is O=C(N[C@H]1CC2(CCNCC2)Oc2ccc(Br)cc21)c1cccc2cn[nH]c12. The molecule has 1 aromatic heterocycles. The number of ether oxygens (including phenoxy) is 1. The first-order valence-corrected chi connectivity index (χ1v) is 10.4. The first kappa shape index (κ1) is 17.7. The van der Waals surface area contributed by atoms with E-state index in [0.717, 1.165) is 59.0 Å². The molecular formula is C21H21BrN4O2. The average Bonchev–Trinajstić information content (AvgIpc) is 3.18. The third-order valence-electron chi connectivity index (χ3n) is 5.79. The quantitative estimate of drug-likeness (QED) is 0.567. The minimum Gasteiger partial charge on any atom is -0.487 e. The summed E-state index contributed by atoms with van der Waals surface area (Å²) in [5, 5.41) is 14.6. The molecule has 2 aliphatic rings. The molecule has 28 heavy (non-hydrogen) atoms. The summed E-state index contributed by atoms with van der Waals surface area (Å²) in [6.45, 7) is 1.86. The van der Waals surface area contributed by atoms with Crippen LogP contribution in [0.4, 0.5) is 0 Å². The van der Waals surface area contributed by atoms with Gasteiger partial charge in [-0.25, -0.2) is 0 Å². The molecule has 2 aromatic carbocycles. The van der Waals surface area contributed by atoms with E-state index in [1.54, 1.807) is 6.20 Å². The van der Waals surface area contributed by atoms with E-state index in [1.807, 2.05) is 36.4 Å². The van der Waals surface area contributed by atoms with E-state index < -0.39 is 0 Å². The van der Waals surface area contributed by atoms with Crippen molar-refractivity contribution in [3.8, 4) is 5.75 Å². The van der Waals surface area contributed by atoms with Gasteiger partial charge in [-0.1, -0.05) is 28.1 Å². The molecule has 0 radical (unpaired) electrons. The van der Waals surface area contributed by atoms with E-state index in [9.17, 15) is 4.79 Å². The summed E-state index contributed by atoms with van der Waals surface area (Å²) in [4.78, 5) is 13.2. The van der Waals surface area contributed by atoms with Crippen LogP contribution in [-0.4, -0.2) is 34.8 Å². The number of para-hydroxylation sites is 1. The molecule has 0 saturated carbocycles. The molecule has 1 atom stereocenters. The molecule has 1 fully saturated rings. The standard InChI is InChI=1S/C21H21BrN4O2/c22-14-4-5-18-16(10-14)17(11-21(28-18)6-8-23-9-7-21)25-20(27)15-3-1-2-13-12-24-26-19(13)15/h1-5,10,12,17,23H,6-9,11H2,(H,24,26)(H,25,27)/t17-/m0/s1. The lowest BCUT2D eigenvalue weighted by atomic mass is 9.81. The average molecular weight is 441 g/mol. The lowest BCUT2D eigenvalue weighted by Gasteiger charge is -2.44. The number of halogens is 1. The molecule has 1 saturated heterocycles. The Kier molecular flexibility index (Phi) is 4.36. The molecule has 2 aliphatic heterocycles. The number of carbonyl (C=O) groups excluding carboxylic acids is 1. The predicted molar refractivity (Wildman–Crippen MR) is 111 cm³/mol. The summed E-state index contributed by atoms with van der Waals surface area (Å²) in [6, 6.07) is 11.6. The molecule has 7 heteroatoms. The zero-order chi connectivity index (χ0) is 19.1. The number of aromatic amines is 1. The zero-order valence-corrected chi connectivity index (χ0v) is 16.9. The fraction of sp³-hybridized carbons (Fsp3) is 0.333. The van der Waals surface area contributed by atoms with E-state index in [-0.39, 0.29) is 17.6 Å². The largest absolute Gasteiger partial charge is 0.487 e. The van der Waals surface area contributed by atoms with Crippen molar-refractivity contribution >= 4 is 32.7 Å². The lowest BCUT2D eigenvalue weighted by Crippen LogP contribution is -2.51. The summed E-state index contributed by atoms with van der Waals surface area (Å²) < 4.78 is 7.44. The molecule has 0 unspecified atom stereocenters. The Hall–Kier alpha value is -2.38. The van der Waals surface area contributed by atoms with E-state index >= 15 is 0 Å². The molecule has 1 amide bonds. The van der Waals surface area contributed by atoms with Crippen molar-refractivity contribution in [3.05, 3.63) is 58.2 Å². The second kappa shape index (κ2) is 6.90. The van der Waals surface area contributed by atoms with Crippen LogP contribution < -0.4 is 15.4 Å². The zero-order valence-electron chi connectivity index (χ0n) is 15.3. The van der Waals surface area contributed by atoms with Gasteiger partial charge in [-0.15, -0.1) is 0 Å². The van der Waals surface area contributed by atoms with Crippen molar-refractivity contribution < 1.29 is 9.53 Å². The summed E-state index contributed by atoms with van der Waals surface area (Å²) in [7, 11) is 0. The highest BCUT2D eigenvalue weighted by Crippen LogP contribution is 2.44. The van der Waals surface area contributed by atoms with E-state index in [1.165, 1.54) is 0 Å². The maximum Gasteiger partial charge on any atom is 0.253 e. The van der Waals surface area contributed by atoms with Gasteiger partial charge in [-0.05, 0) is 50.2 Å². The topological polar surface area (TPSA) is 79.0 Å². The van der Waals surface area contributed by atoms with Crippen LogP contribution in [0.3, 0.4) is 0 Å². The van der Waals surface area contributed by atoms with Crippen molar-refractivity contribution in [2.75, 3.05) is 13.1 Å². The number of piperidine rings is 1. The second-order valence-electron chi connectivity index (χ2n) is 7.59. The number of hydrogen-bond donors (Lipinski definition) is 3. The normalized spacial score (nSPS) is 20.5. The smallest absolute Gasteiger partial charge is 0.253 e. The lowest BCUT2D eigenvalue weighted by molar-refractivity contribution is 0.00362. The minimum absolute atomic E-state index is 0.100. The number of aromatic nitrogens is 2. The molecule has 0 aliphatic carbocycles. The highest BCUT2D eigenvalue weighted by molar-refractivity contribution is 9.10. The van der Waals surface area contributed by atoms with Crippen LogP contribution in [0, 0.1) is 0 Å². The number of nitrogens with one attached hydrogen (secondary N) is 3. The van der Waals surface area contributed by atoms with E-state index in [2.05, 4.69) is 36.8 Å². The molecule has 3 N–H and O–H groups in total. The van der Waals surface area contributed by atoms with Gasteiger partial charge in [-0.2, -0.15) is 5.10 Å². The van der Waals surface area contributed by atoms with Gasteiger partial charge in [0, 0.05) is 21.8 Å². The fourth-order valence-corrected chi connectivity index (χ4v) is 4.73. The molecule has 6 nitrogen and oxygen atoms in total. The molecule has 1 spiro atoms. The first-order valence-electron chi connectivity index (χ1n) is 9.56. The monoisotopic (exact) mass is 440 g/mol. The highest BCUT2D eigenvalue weighted by atomic mass is 79.9. The first-order chi connectivity index (χ1) is 13.6. The summed E-state index contributed by atoms with van der Waals surface area (Å²) in [5.74, 6) is 0.762. The van der Waals surface area contributed by atoms with Crippen LogP contribution in [0.25, 0.3) is 10.9 Å². The van der Waals surface area contributed by atoms with Gasteiger partial charge in [0.25, 0.3) is 5.91 Å². The molecule has 144 valence electrons. The number of fused-ring (bicyclic) bond motifs is 2. The Balaban J connectivity index is 1.50. The van der Waals surface area contributed by atoms with Gasteiger partial charge < -0.3 is 15.4 Å². The molecular weight excluding hydrogens is 420 g/mol. The molecule has 3 heterocycles. The molecule has 0 bridgehead atoms. The third kappa shape index (κ3) is 3.08. The number of benzene rings is 2. The number of nitrogens with zero attached hydrogens (tertiary/aromatic N) is 1. The predicted octanol–water partition coefficient (Wildman–Crippen LogP) is 3.70. The summed E-state index contributed by atoms with van der Waals surface area (Å²) in [5.41, 5.74) is 2.16. The van der Waals surface area contributed by atoms with Gasteiger partial charge in [0.15, 0.2) is 0 Å². The van der Waals surface area contributed by atoms with Gasteiger partial charge in [0.05, 0.1) is 23.3 Å². The van der Waals surface area contributed by atoms with Crippen molar-refractivity contribution in [1.82, 2.24) is 20.8 Å². The Bertz CT molecular complexity index is 1040. The van der Waals surface area contributed by atoms with Crippen molar-refractivity contribution in [1.29, 1.82) is 0 Å². The minimum atomic E-state index is -0.232. The Morgan fingerprint density at radius 1 is 1.25 bits per heavy atom. The maximum atomic E-state index is 13.2. The van der Waals surface area contributed by atoms with Crippen LogP contribution in [0.5, 0.6) is 5.75 Å². The highest BCUT2D eigenvalue weighted by Gasteiger charge is 2.42. The Morgan fingerprint density at radius 3 is 2.96 bits per heavy atom. The van der Waals surface area contributed by atoms with Crippen LogP contribution in [-0.2, 0) is 0 Å². The maximum absolute atomic E-state index is 13.2. The number of H-pyrrole nitrogens is 1. The summed E-state index contributed by atoms with van der Waals surface area (Å²) in [6.07, 6.45) is 4.37. The number of amides is 1. The second-order valence-corrected chi connectivity index (χ2v) is 8.50. The number of rotatable bonds is 2. The number of hydrogen-bond acceptors (Lipinski definition) is 4. The van der Waals surface area contributed by atoms with Crippen LogP contribution in [0.1, 0.15) is 41.2 Å². The van der Waals surface area contributed by atoms with Gasteiger partial charge in [0.1, 0.15) is 11.4 Å².